The molecule has 0 rings (SSSR count). The fourth-order valence-electron chi connectivity index (χ4n) is 1.42. The minimum absolute atomic E-state index is 0.674. The first kappa shape index (κ1) is 13.3. The zero-order valence-corrected chi connectivity index (χ0v) is 10.5. The van der Waals surface area contributed by atoms with Crippen LogP contribution in [0.2, 0.25) is 0 Å². The van der Waals surface area contributed by atoms with E-state index in [2.05, 4.69) is 46.4 Å². The summed E-state index contributed by atoms with van der Waals surface area (Å²) in [4.78, 5) is 0. The van der Waals surface area contributed by atoms with Crippen molar-refractivity contribution >= 4 is 0 Å². The molecule has 0 aromatic carbocycles. The van der Waals surface area contributed by atoms with Crippen LogP contribution in [0.25, 0.3) is 0 Å². The van der Waals surface area contributed by atoms with Crippen molar-refractivity contribution in [2.24, 2.45) is 11.8 Å². The summed E-state index contributed by atoms with van der Waals surface area (Å²) in [6.07, 6.45) is 5.42. The van der Waals surface area contributed by atoms with Crippen LogP contribution in [0, 0.1) is 11.8 Å². The number of hydrogen-bond acceptors (Lipinski definition) is 0. The molecule has 0 nitrogen and oxygen atoms in total. The van der Waals surface area contributed by atoms with Gasteiger partial charge in [-0.3, -0.25) is 0 Å². The second-order valence-corrected chi connectivity index (χ2v) is 4.51. The van der Waals surface area contributed by atoms with Crippen LogP contribution >= 0.6 is 0 Å². The lowest BCUT2D eigenvalue weighted by Gasteiger charge is -2.12. The van der Waals surface area contributed by atoms with Crippen LogP contribution in [0.1, 0.15) is 48.0 Å². The lowest BCUT2D eigenvalue weighted by atomic mass is 9.94. The van der Waals surface area contributed by atoms with Crippen LogP contribution in [0.3, 0.4) is 0 Å². The maximum Gasteiger partial charge on any atom is -0.00378 e. The SMILES string of the molecule is CC=C=C(C)CC(C)=CC(C)C(C)C. The number of hydrogen-bond donors (Lipinski definition) is 0. The molecule has 1 atom stereocenters. The van der Waals surface area contributed by atoms with E-state index in [-0.39, 0.29) is 0 Å². The van der Waals surface area contributed by atoms with Gasteiger partial charge in [-0.25, -0.2) is 0 Å². The molecule has 80 valence electrons. The van der Waals surface area contributed by atoms with Gasteiger partial charge < -0.3 is 0 Å². The highest BCUT2D eigenvalue weighted by Crippen LogP contribution is 2.17. The van der Waals surface area contributed by atoms with Gasteiger partial charge in [0.25, 0.3) is 0 Å². The van der Waals surface area contributed by atoms with Crippen molar-refractivity contribution in [3.63, 3.8) is 0 Å². The minimum atomic E-state index is 0.674. The summed E-state index contributed by atoms with van der Waals surface area (Å²) in [6, 6.07) is 0. The van der Waals surface area contributed by atoms with Gasteiger partial charge in [0.1, 0.15) is 0 Å². The molecule has 0 bridgehead atoms. The van der Waals surface area contributed by atoms with Crippen LogP contribution in [0.4, 0.5) is 0 Å². The van der Waals surface area contributed by atoms with Gasteiger partial charge in [-0.15, -0.1) is 5.73 Å². The number of rotatable bonds is 4. The Balaban J connectivity index is 4.34. The largest absolute Gasteiger partial charge is 0.126 e. The molecule has 0 spiro atoms. The Labute approximate surface area is 89.4 Å². The van der Waals surface area contributed by atoms with E-state index in [1.807, 2.05) is 13.0 Å². The second-order valence-electron chi connectivity index (χ2n) is 4.51. The third-order valence-corrected chi connectivity index (χ3v) is 2.53. The van der Waals surface area contributed by atoms with Crippen molar-refractivity contribution in [1.82, 2.24) is 0 Å². The maximum atomic E-state index is 3.23. The van der Waals surface area contributed by atoms with E-state index in [0.717, 1.165) is 12.3 Å². The molecule has 0 N–H and O–H groups in total. The average Bonchev–Trinajstić information content (AvgIpc) is 2.03. The molecule has 0 radical (unpaired) electrons. The molecule has 1 unspecified atom stereocenters. The highest BCUT2D eigenvalue weighted by molar-refractivity contribution is 5.12. The van der Waals surface area contributed by atoms with E-state index < -0.39 is 0 Å². The molecule has 0 aliphatic heterocycles. The zero-order chi connectivity index (χ0) is 11.1. The van der Waals surface area contributed by atoms with E-state index in [1.165, 1.54) is 11.1 Å². The average molecular weight is 192 g/mol. The first-order valence-electron chi connectivity index (χ1n) is 5.51. The lowest BCUT2D eigenvalue weighted by Crippen LogP contribution is -2.00. The van der Waals surface area contributed by atoms with E-state index >= 15 is 0 Å². The summed E-state index contributed by atoms with van der Waals surface area (Å²) < 4.78 is 0. The van der Waals surface area contributed by atoms with Gasteiger partial charge in [-0.1, -0.05) is 32.4 Å². The third-order valence-electron chi connectivity index (χ3n) is 2.53. The van der Waals surface area contributed by atoms with Gasteiger partial charge >= 0.3 is 0 Å². The van der Waals surface area contributed by atoms with Gasteiger partial charge in [0.2, 0.25) is 0 Å². The Morgan fingerprint density at radius 2 is 1.79 bits per heavy atom. The number of allylic oxidation sites excluding steroid dienone is 3. The molecule has 0 heteroatoms. The van der Waals surface area contributed by atoms with Crippen LogP contribution in [-0.4, -0.2) is 0 Å². The maximum absolute atomic E-state index is 3.23. The van der Waals surface area contributed by atoms with Crippen molar-refractivity contribution in [3.05, 3.63) is 29.0 Å². The molecule has 0 amide bonds. The predicted molar refractivity (Wildman–Crippen MR) is 65.3 cm³/mol. The van der Waals surface area contributed by atoms with E-state index in [1.54, 1.807) is 0 Å². The topological polar surface area (TPSA) is 0 Å². The summed E-state index contributed by atoms with van der Waals surface area (Å²) in [5.41, 5.74) is 6.00. The molecule has 0 fully saturated rings. The molecule has 0 heterocycles. The smallest absolute Gasteiger partial charge is 0.00378 e. The Morgan fingerprint density at radius 1 is 1.21 bits per heavy atom. The van der Waals surface area contributed by atoms with Crippen LogP contribution in [0.15, 0.2) is 29.0 Å². The summed E-state index contributed by atoms with van der Waals surface area (Å²) in [6.45, 7) is 13.2. The minimum Gasteiger partial charge on any atom is -0.126 e. The van der Waals surface area contributed by atoms with Gasteiger partial charge in [0, 0.05) is 0 Å². The second kappa shape index (κ2) is 6.68. The monoisotopic (exact) mass is 192 g/mol. The van der Waals surface area contributed by atoms with Gasteiger partial charge in [-0.05, 0) is 50.7 Å². The Bertz CT molecular complexity index is 247. The molecule has 0 aliphatic rings. The highest BCUT2D eigenvalue weighted by Gasteiger charge is 2.03. The summed E-state index contributed by atoms with van der Waals surface area (Å²) >= 11 is 0. The lowest BCUT2D eigenvalue weighted by molar-refractivity contribution is 0.501. The molecule has 0 aromatic rings. The Kier molecular flexibility index (Phi) is 6.32. The molecular weight excluding hydrogens is 168 g/mol. The predicted octanol–water partition coefficient (Wildman–Crippen LogP) is 4.74. The quantitative estimate of drug-likeness (QED) is 0.446. The van der Waals surface area contributed by atoms with Crippen molar-refractivity contribution in [2.75, 3.05) is 0 Å². The van der Waals surface area contributed by atoms with E-state index in [4.69, 9.17) is 0 Å². The highest BCUT2D eigenvalue weighted by atomic mass is 14.1. The summed E-state index contributed by atoms with van der Waals surface area (Å²) in [7, 11) is 0. The van der Waals surface area contributed by atoms with E-state index in [0.29, 0.717) is 5.92 Å². The summed E-state index contributed by atoms with van der Waals surface area (Å²) in [5.74, 6) is 1.41. The third kappa shape index (κ3) is 5.83. The van der Waals surface area contributed by atoms with Crippen molar-refractivity contribution in [1.29, 1.82) is 0 Å². The first-order valence-corrected chi connectivity index (χ1v) is 5.51. The Morgan fingerprint density at radius 3 is 2.21 bits per heavy atom. The molecule has 0 saturated heterocycles. The van der Waals surface area contributed by atoms with Crippen LogP contribution < -0.4 is 0 Å². The molecule has 0 saturated carbocycles. The molecule has 0 aromatic heterocycles. The van der Waals surface area contributed by atoms with Crippen molar-refractivity contribution < 1.29 is 0 Å². The fraction of sp³-hybridized carbons (Fsp3) is 0.643. The fourth-order valence-corrected chi connectivity index (χ4v) is 1.42. The first-order chi connectivity index (χ1) is 6.47. The van der Waals surface area contributed by atoms with Crippen molar-refractivity contribution in [2.45, 2.75) is 48.0 Å². The van der Waals surface area contributed by atoms with E-state index in [9.17, 15) is 0 Å². The Hall–Kier alpha value is -0.740. The van der Waals surface area contributed by atoms with Crippen LogP contribution in [0.5, 0.6) is 0 Å². The molecule has 14 heavy (non-hydrogen) atoms. The van der Waals surface area contributed by atoms with Gasteiger partial charge in [-0.2, -0.15) is 0 Å². The van der Waals surface area contributed by atoms with Crippen molar-refractivity contribution in [3.8, 4) is 0 Å². The molecular formula is C14H24. The van der Waals surface area contributed by atoms with Crippen LogP contribution in [-0.2, 0) is 0 Å². The molecule has 0 aliphatic carbocycles. The summed E-state index contributed by atoms with van der Waals surface area (Å²) in [5, 5.41) is 0. The van der Waals surface area contributed by atoms with Gasteiger partial charge in [0.05, 0.1) is 0 Å². The van der Waals surface area contributed by atoms with Gasteiger partial charge in [0.15, 0.2) is 0 Å². The zero-order valence-electron chi connectivity index (χ0n) is 10.5. The standard InChI is InChI=1S/C14H24/c1-7-8-12(4)9-13(5)10-14(6)11(2)3/h7,10-11,14H,9H2,1-6H3. The normalized spacial score (nSPS) is 13.8.